The summed E-state index contributed by atoms with van der Waals surface area (Å²) in [7, 11) is 0. The normalized spacial score (nSPS) is 10.2. The molecule has 0 heterocycles. The van der Waals surface area contributed by atoms with Crippen molar-refractivity contribution in [1.82, 2.24) is 0 Å². The van der Waals surface area contributed by atoms with Crippen molar-refractivity contribution in [3.63, 3.8) is 0 Å². The van der Waals surface area contributed by atoms with Crippen LogP contribution >= 0.6 is 15.9 Å². The lowest BCUT2D eigenvalue weighted by atomic mass is 10.1. The lowest BCUT2D eigenvalue weighted by Gasteiger charge is -2.10. The van der Waals surface area contributed by atoms with E-state index in [9.17, 15) is 9.59 Å². The number of carbonyl (C=O) groups excluding carboxylic acids is 1. The quantitative estimate of drug-likeness (QED) is 0.742. The van der Waals surface area contributed by atoms with Crippen LogP contribution in [0.5, 0.6) is 0 Å². The Balaban J connectivity index is 2.25. The highest BCUT2D eigenvalue weighted by atomic mass is 79.9. The highest BCUT2D eigenvalue weighted by Crippen LogP contribution is 2.22. The number of carbonyl (C=O) groups is 2. The molecule has 0 aromatic heterocycles. The molecule has 1 amide bonds. The zero-order valence-corrected chi connectivity index (χ0v) is 12.8. The molecule has 2 aromatic carbocycles. The zero-order valence-electron chi connectivity index (χ0n) is 11.2. The van der Waals surface area contributed by atoms with Gasteiger partial charge in [-0.15, -0.1) is 0 Å². The molecular weight excluding hydrogens is 336 g/mol. The summed E-state index contributed by atoms with van der Waals surface area (Å²) < 4.78 is 0.790. The van der Waals surface area contributed by atoms with Gasteiger partial charge in [-0.1, -0.05) is 15.9 Å². The molecule has 0 aliphatic heterocycles. The molecule has 0 atom stereocenters. The number of rotatable bonds is 3. The number of halogens is 1. The van der Waals surface area contributed by atoms with E-state index in [0.717, 1.165) is 4.47 Å². The molecule has 0 radical (unpaired) electrons. The number of amides is 1. The molecule has 0 saturated heterocycles. The smallest absolute Gasteiger partial charge is 0.335 e. The highest BCUT2D eigenvalue weighted by Gasteiger charge is 2.12. The summed E-state index contributed by atoms with van der Waals surface area (Å²) in [5.74, 6) is -1.35. The number of aryl methyl sites for hydroxylation is 1. The van der Waals surface area contributed by atoms with E-state index in [1.54, 1.807) is 31.2 Å². The van der Waals surface area contributed by atoms with Gasteiger partial charge in [-0.3, -0.25) is 4.79 Å². The molecule has 0 spiro atoms. The molecule has 5 nitrogen and oxygen atoms in total. The van der Waals surface area contributed by atoms with E-state index < -0.39 is 5.97 Å². The van der Waals surface area contributed by atoms with Gasteiger partial charge < -0.3 is 16.2 Å². The third kappa shape index (κ3) is 3.41. The fraction of sp³-hybridized carbons (Fsp3) is 0.0667. The van der Waals surface area contributed by atoms with Crippen LogP contribution in [0.4, 0.5) is 11.4 Å². The topological polar surface area (TPSA) is 92.4 Å². The van der Waals surface area contributed by atoms with Crippen LogP contribution in [0, 0.1) is 6.92 Å². The molecule has 108 valence electrons. The van der Waals surface area contributed by atoms with Gasteiger partial charge in [0.05, 0.1) is 11.1 Å². The number of aromatic carboxylic acids is 1. The van der Waals surface area contributed by atoms with Crippen molar-refractivity contribution in [1.29, 1.82) is 0 Å². The van der Waals surface area contributed by atoms with E-state index in [-0.39, 0.29) is 11.5 Å². The maximum atomic E-state index is 12.2. The van der Waals surface area contributed by atoms with Gasteiger partial charge >= 0.3 is 5.97 Å². The second-order valence-corrected chi connectivity index (χ2v) is 5.44. The number of hydrogen-bond acceptors (Lipinski definition) is 3. The molecule has 2 rings (SSSR count). The standard InChI is InChI=1S/C15H13BrN2O3/c1-8-6-9(15(20)21)2-5-13(8)18-14(19)11-4-3-10(16)7-12(11)17/h2-7H,17H2,1H3,(H,18,19)(H,20,21). The summed E-state index contributed by atoms with van der Waals surface area (Å²) in [5.41, 5.74) is 7.92. The molecule has 0 fully saturated rings. The molecule has 0 aliphatic carbocycles. The van der Waals surface area contributed by atoms with Gasteiger partial charge in [0.25, 0.3) is 5.91 Å². The third-order valence-corrected chi connectivity index (χ3v) is 3.47. The number of nitrogens with two attached hydrogens (primary N) is 1. The number of anilines is 2. The first-order valence-corrected chi connectivity index (χ1v) is 6.88. The molecular formula is C15H13BrN2O3. The summed E-state index contributed by atoms with van der Waals surface area (Å²) in [5, 5.41) is 11.6. The fourth-order valence-electron chi connectivity index (χ4n) is 1.87. The first kappa shape index (κ1) is 15.1. The summed E-state index contributed by atoms with van der Waals surface area (Å²) in [6, 6.07) is 9.50. The molecule has 0 bridgehead atoms. The fourth-order valence-corrected chi connectivity index (χ4v) is 2.25. The van der Waals surface area contributed by atoms with Gasteiger partial charge in [-0.25, -0.2) is 4.79 Å². The summed E-state index contributed by atoms with van der Waals surface area (Å²) in [6.45, 7) is 1.73. The summed E-state index contributed by atoms with van der Waals surface area (Å²) in [4.78, 5) is 23.1. The summed E-state index contributed by atoms with van der Waals surface area (Å²) in [6.07, 6.45) is 0. The van der Waals surface area contributed by atoms with Crippen molar-refractivity contribution in [3.8, 4) is 0 Å². The van der Waals surface area contributed by atoms with Gasteiger partial charge in [0.15, 0.2) is 0 Å². The van der Waals surface area contributed by atoms with E-state index >= 15 is 0 Å². The zero-order chi connectivity index (χ0) is 15.6. The average Bonchev–Trinajstić information content (AvgIpc) is 2.40. The van der Waals surface area contributed by atoms with Crippen molar-refractivity contribution < 1.29 is 14.7 Å². The second-order valence-electron chi connectivity index (χ2n) is 4.52. The Kier molecular flexibility index (Phi) is 4.28. The molecule has 6 heteroatoms. The molecule has 0 aliphatic rings. The minimum atomic E-state index is -1.01. The first-order valence-electron chi connectivity index (χ1n) is 6.09. The van der Waals surface area contributed by atoms with Crippen molar-refractivity contribution >= 4 is 39.2 Å². The number of nitrogen functional groups attached to an aromatic ring is 1. The van der Waals surface area contributed by atoms with Crippen LogP contribution in [0.3, 0.4) is 0 Å². The molecule has 2 aromatic rings. The minimum absolute atomic E-state index is 0.175. The van der Waals surface area contributed by atoms with Crippen molar-refractivity contribution in [2.24, 2.45) is 0 Å². The first-order chi connectivity index (χ1) is 9.88. The van der Waals surface area contributed by atoms with Crippen LogP contribution in [0.15, 0.2) is 40.9 Å². The van der Waals surface area contributed by atoms with Gasteiger partial charge in [0, 0.05) is 15.8 Å². The maximum absolute atomic E-state index is 12.2. The SMILES string of the molecule is Cc1cc(C(=O)O)ccc1NC(=O)c1ccc(Br)cc1N. The van der Waals surface area contributed by atoms with Crippen LogP contribution in [0.25, 0.3) is 0 Å². The monoisotopic (exact) mass is 348 g/mol. The number of benzene rings is 2. The number of carboxylic acid groups (broad SMARTS) is 1. The van der Waals surface area contributed by atoms with E-state index in [4.69, 9.17) is 10.8 Å². The van der Waals surface area contributed by atoms with Crippen LogP contribution < -0.4 is 11.1 Å². The molecule has 0 unspecified atom stereocenters. The van der Waals surface area contributed by atoms with Gasteiger partial charge in [-0.2, -0.15) is 0 Å². The highest BCUT2D eigenvalue weighted by molar-refractivity contribution is 9.10. The van der Waals surface area contributed by atoms with E-state index in [1.807, 2.05) is 0 Å². The van der Waals surface area contributed by atoms with Crippen molar-refractivity contribution in [2.75, 3.05) is 11.1 Å². The van der Waals surface area contributed by atoms with Gasteiger partial charge in [0.2, 0.25) is 0 Å². The number of nitrogens with one attached hydrogen (secondary N) is 1. The molecule has 0 saturated carbocycles. The Hall–Kier alpha value is -2.34. The van der Waals surface area contributed by atoms with E-state index in [2.05, 4.69) is 21.2 Å². The maximum Gasteiger partial charge on any atom is 0.335 e. The Morgan fingerprint density at radius 2 is 1.90 bits per heavy atom. The lowest BCUT2D eigenvalue weighted by Crippen LogP contribution is -2.15. The Morgan fingerprint density at radius 1 is 1.19 bits per heavy atom. The second kappa shape index (κ2) is 5.97. The summed E-state index contributed by atoms with van der Waals surface area (Å²) >= 11 is 3.28. The third-order valence-electron chi connectivity index (χ3n) is 2.98. The predicted molar refractivity (Wildman–Crippen MR) is 84.6 cm³/mol. The van der Waals surface area contributed by atoms with Crippen molar-refractivity contribution in [2.45, 2.75) is 6.92 Å². The minimum Gasteiger partial charge on any atom is -0.478 e. The van der Waals surface area contributed by atoms with Crippen LogP contribution in [-0.4, -0.2) is 17.0 Å². The average molecular weight is 349 g/mol. The molecule has 21 heavy (non-hydrogen) atoms. The van der Waals surface area contributed by atoms with Crippen LogP contribution in [0.1, 0.15) is 26.3 Å². The Morgan fingerprint density at radius 3 is 2.48 bits per heavy atom. The van der Waals surface area contributed by atoms with Gasteiger partial charge in [0.1, 0.15) is 0 Å². The lowest BCUT2D eigenvalue weighted by molar-refractivity contribution is 0.0696. The molecule has 4 N–H and O–H groups in total. The van der Waals surface area contributed by atoms with E-state index in [1.165, 1.54) is 12.1 Å². The van der Waals surface area contributed by atoms with Crippen molar-refractivity contribution in [3.05, 3.63) is 57.6 Å². The van der Waals surface area contributed by atoms with Crippen LogP contribution in [-0.2, 0) is 0 Å². The Labute approximate surface area is 129 Å². The van der Waals surface area contributed by atoms with Crippen LogP contribution in [0.2, 0.25) is 0 Å². The van der Waals surface area contributed by atoms with Gasteiger partial charge in [-0.05, 0) is 48.9 Å². The predicted octanol–water partition coefficient (Wildman–Crippen LogP) is 3.29. The largest absolute Gasteiger partial charge is 0.478 e. The number of carboxylic acids is 1. The van der Waals surface area contributed by atoms with E-state index in [0.29, 0.717) is 22.5 Å². The number of hydrogen-bond donors (Lipinski definition) is 3. The Bertz CT molecular complexity index is 729.